The highest BCUT2D eigenvalue weighted by atomic mass is 35.5. The first kappa shape index (κ1) is 16.6. The highest BCUT2D eigenvalue weighted by molar-refractivity contribution is 6.35. The van der Waals surface area contributed by atoms with Gasteiger partial charge in [0.15, 0.2) is 0 Å². The van der Waals surface area contributed by atoms with Gasteiger partial charge in [-0.15, -0.1) is 0 Å². The van der Waals surface area contributed by atoms with Crippen LogP contribution < -0.4 is 10.1 Å². The van der Waals surface area contributed by atoms with Gasteiger partial charge in [0.05, 0.1) is 11.6 Å². The molecule has 2 nitrogen and oxygen atoms in total. The summed E-state index contributed by atoms with van der Waals surface area (Å²) < 4.78 is 5.88. The van der Waals surface area contributed by atoms with Crippen molar-refractivity contribution >= 4 is 23.2 Å². The molecule has 1 aromatic carbocycles. The van der Waals surface area contributed by atoms with E-state index in [1.807, 2.05) is 6.07 Å². The zero-order valence-corrected chi connectivity index (χ0v) is 13.4. The van der Waals surface area contributed by atoms with E-state index in [4.69, 9.17) is 27.9 Å². The molecule has 0 amide bonds. The minimum atomic E-state index is 0.517. The van der Waals surface area contributed by atoms with Crippen LogP contribution in [-0.2, 0) is 6.54 Å². The molecular weight excluding hydrogens is 281 g/mol. The van der Waals surface area contributed by atoms with E-state index >= 15 is 0 Å². The fraction of sp³-hybridized carbons (Fsp3) is 0.600. The molecule has 0 saturated heterocycles. The molecular formula is C15H23Cl2NO. The number of halogens is 2. The monoisotopic (exact) mass is 303 g/mol. The van der Waals surface area contributed by atoms with E-state index in [-0.39, 0.29) is 0 Å². The van der Waals surface area contributed by atoms with Crippen molar-refractivity contribution < 1.29 is 4.74 Å². The average Bonchev–Trinajstić information content (AvgIpc) is 2.37. The lowest BCUT2D eigenvalue weighted by Gasteiger charge is -2.16. The van der Waals surface area contributed by atoms with Gasteiger partial charge in [-0.2, -0.15) is 0 Å². The molecule has 0 aliphatic rings. The molecule has 0 aliphatic carbocycles. The summed E-state index contributed by atoms with van der Waals surface area (Å²) in [7, 11) is 0. The summed E-state index contributed by atoms with van der Waals surface area (Å²) in [5, 5.41) is 4.59. The second kappa shape index (κ2) is 8.68. The van der Waals surface area contributed by atoms with Crippen LogP contribution in [0.4, 0.5) is 0 Å². The molecule has 0 radical (unpaired) electrons. The molecule has 0 fully saturated rings. The zero-order valence-electron chi connectivity index (χ0n) is 11.9. The van der Waals surface area contributed by atoms with Gasteiger partial charge < -0.3 is 10.1 Å². The largest absolute Gasteiger partial charge is 0.491 e. The van der Waals surface area contributed by atoms with Gasteiger partial charge in [-0.1, -0.05) is 50.4 Å². The molecule has 1 unspecified atom stereocenters. The van der Waals surface area contributed by atoms with Crippen molar-refractivity contribution in [3.63, 3.8) is 0 Å². The van der Waals surface area contributed by atoms with Crippen molar-refractivity contribution in [2.75, 3.05) is 13.2 Å². The molecule has 108 valence electrons. The van der Waals surface area contributed by atoms with E-state index in [0.29, 0.717) is 22.6 Å². The lowest BCUT2D eigenvalue weighted by atomic mass is 10.1. The van der Waals surface area contributed by atoms with E-state index in [1.54, 1.807) is 6.07 Å². The molecule has 1 atom stereocenters. The smallest absolute Gasteiger partial charge is 0.142 e. The Bertz CT molecular complexity index is 396. The number of nitrogens with one attached hydrogen (secondary N) is 1. The normalized spacial score (nSPS) is 12.5. The first-order valence-electron chi connectivity index (χ1n) is 6.89. The second-order valence-electron chi connectivity index (χ2n) is 4.88. The molecule has 0 bridgehead atoms. The first-order valence-corrected chi connectivity index (χ1v) is 7.65. The van der Waals surface area contributed by atoms with E-state index < -0.39 is 0 Å². The van der Waals surface area contributed by atoms with E-state index in [9.17, 15) is 0 Å². The SMILES string of the molecule is CCCNCc1cc(Cl)cc(Cl)c1OCC(C)CC. The standard InChI is InChI=1S/C15H23Cl2NO/c1-4-6-18-9-12-7-13(16)8-14(17)15(12)19-10-11(3)5-2/h7-8,11,18H,4-6,9-10H2,1-3H3. The van der Waals surface area contributed by atoms with Crippen LogP contribution in [0.2, 0.25) is 10.0 Å². The van der Waals surface area contributed by atoms with Crippen molar-refractivity contribution in [2.24, 2.45) is 5.92 Å². The molecule has 0 aliphatic heterocycles. The summed E-state index contributed by atoms with van der Waals surface area (Å²) in [4.78, 5) is 0. The topological polar surface area (TPSA) is 21.3 Å². The Labute approximate surface area is 126 Å². The summed E-state index contributed by atoms with van der Waals surface area (Å²) in [6.07, 6.45) is 2.19. The van der Waals surface area contributed by atoms with Crippen LogP contribution in [0.25, 0.3) is 0 Å². The molecule has 1 rings (SSSR count). The van der Waals surface area contributed by atoms with Crippen LogP contribution in [-0.4, -0.2) is 13.2 Å². The van der Waals surface area contributed by atoms with Gasteiger partial charge in [0.2, 0.25) is 0 Å². The predicted octanol–water partition coefficient (Wildman–Crippen LogP) is 4.92. The Hall–Kier alpha value is -0.440. The highest BCUT2D eigenvalue weighted by Gasteiger charge is 2.12. The van der Waals surface area contributed by atoms with E-state index in [1.165, 1.54) is 0 Å². The first-order chi connectivity index (χ1) is 9.08. The maximum atomic E-state index is 6.24. The van der Waals surface area contributed by atoms with Gasteiger partial charge in [0, 0.05) is 17.1 Å². The number of hydrogen-bond acceptors (Lipinski definition) is 2. The maximum absolute atomic E-state index is 6.24. The van der Waals surface area contributed by atoms with Gasteiger partial charge in [0.25, 0.3) is 0 Å². The van der Waals surface area contributed by atoms with Crippen molar-refractivity contribution in [2.45, 2.75) is 40.2 Å². The van der Waals surface area contributed by atoms with Crippen LogP contribution in [0.3, 0.4) is 0 Å². The number of rotatable bonds is 8. The fourth-order valence-electron chi connectivity index (χ4n) is 1.65. The number of ether oxygens (including phenoxy) is 1. The fourth-order valence-corrected chi connectivity index (χ4v) is 2.24. The summed E-state index contributed by atoms with van der Waals surface area (Å²) in [6, 6.07) is 3.65. The minimum absolute atomic E-state index is 0.517. The van der Waals surface area contributed by atoms with Crippen LogP contribution in [0.15, 0.2) is 12.1 Å². The minimum Gasteiger partial charge on any atom is -0.491 e. The summed E-state index contributed by atoms with van der Waals surface area (Å²) in [6.45, 7) is 8.83. The lowest BCUT2D eigenvalue weighted by molar-refractivity contribution is 0.254. The molecule has 1 N–H and O–H groups in total. The van der Waals surface area contributed by atoms with E-state index in [0.717, 1.165) is 37.2 Å². The van der Waals surface area contributed by atoms with Crippen molar-refractivity contribution in [3.8, 4) is 5.75 Å². The van der Waals surface area contributed by atoms with Crippen LogP contribution in [0, 0.1) is 5.92 Å². The van der Waals surface area contributed by atoms with Gasteiger partial charge in [-0.05, 0) is 31.0 Å². The zero-order chi connectivity index (χ0) is 14.3. The number of hydrogen-bond donors (Lipinski definition) is 1. The highest BCUT2D eigenvalue weighted by Crippen LogP contribution is 2.32. The third-order valence-electron chi connectivity index (χ3n) is 3.04. The molecule has 1 aromatic rings. The van der Waals surface area contributed by atoms with Crippen LogP contribution in [0.1, 0.15) is 39.2 Å². The third kappa shape index (κ3) is 5.60. The Balaban J connectivity index is 2.80. The third-order valence-corrected chi connectivity index (χ3v) is 3.54. The Morgan fingerprint density at radius 1 is 1.26 bits per heavy atom. The van der Waals surface area contributed by atoms with Crippen molar-refractivity contribution in [1.29, 1.82) is 0 Å². The molecule has 0 aromatic heterocycles. The van der Waals surface area contributed by atoms with E-state index in [2.05, 4.69) is 26.1 Å². The maximum Gasteiger partial charge on any atom is 0.142 e. The molecule has 0 saturated carbocycles. The molecule has 4 heteroatoms. The Kier molecular flexibility index (Phi) is 7.59. The van der Waals surface area contributed by atoms with Crippen molar-refractivity contribution in [1.82, 2.24) is 5.32 Å². The summed E-state index contributed by atoms with van der Waals surface area (Å²) in [5.41, 5.74) is 1.02. The van der Waals surface area contributed by atoms with Crippen LogP contribution in [0.5, 0.6) is 5.75 Å². The predicted molar refractivity (Wildman–Crippen MR) is 83.4 cm³/mol. The van der Waals surface area contributed by atoms with Crippen molar-refractivity contribution in [3.05, 3.63) is 27.7 Å². The Morgan fingerprint density at radius 2 is 2.00 bits per heavy atom. The molecule has 19 heavy (non-hydrogen) atoms. The van der Waals surface area contributed by atoms with Gasteiger partial charge in [0.1, 0.15) is 5.75 Å². The summed E-state index contributed by atoms with van der Waals surface area (Å²) >= 11 is 12.3. The van der Waals surface area contributed by atoms with Gasteiger partial charge in [-0.25, -0.2) is 0 Å². The Morgan fingerprint density at radius 3 is 2.63 bits per heavy atom. The van der Waals surface area contributed by atoms with Gasteiger partial charge in [-0.3, -0.25) is 0 Å². The lowest BCUT2D eigenvalue weighted by Crippen LogP contribution is -2.16. The number of benzene rings is 1. The van der Waals surface area contributed by atoms with Gasteiger partial charge >= 0.3 is 0 Å². The quantitative estimate of drug-likeness (QED) is 0.688. The summed E-state index contributed by atoms with van der Waals surface area (Å²) in [5.74, 6) is 1.28. The second-order valence-corrected chi connectivity index (χ2v) is 5.72. The average molecular weight is 304 g/mol. The van der Waals surface area contributed by atoms with Crippen LogP contribution >= 0.6 is 23.2 Å². The molecule has 0 spiro atoms. The molecule has 0 heterocycles.